The summed E-state index contributed by atoms with van der Waals surface area (Å²) in [5.74, 6) is -4.18. The van der Waals surface area contributed by atoms with Crippen molar-refractivity contribution in [2.24, 2.45) is 0 Å². The van der Waals surface area contributed by atoms with E-state index in [1.54, 1.807) is 12.1 Å². The van der Waals surface area contributed by atoms with E-state index in [0.29, 0.717) is 17.9 Å². The number of nitrogens with one attached hydrogen (secondary N) is 1. The molecule has 1 heterocycles. The first-order valence-electron chi connectivity index (χ1n) is 7.86. The number of rotatable bonds is 7. The lowest BCUT2D eigenvalue weighted by Gasteiger charge is -2.12. The average Bonchev–Trinajstić information content (AvgIpc) is 2.92. The molecule has 2 rings (SSSR count). The van der Waals surface area contributed by atoms with Gasteiger partial charge in [-0.1, -0.05) is 12.1 Å². The Bertz CT molecular complexity index is 717. The molecule has 11 heteroatoms. The Kier molecular flexibility index (Phi) is 6.37. The highest BCUT2D eigenvalue weighted by atomic mass is 19.4. The number of alkyl halides is 3. The standard InChI is InChI=1S/C16H15F3N2O6/c17-16(18,19)15(25)26-20-11-6-4-10(5-7-11)2-1-3-14(24)27-21-12(22)8-9-13(21)23/h4-7,20H,1-3,8-9H2. The van der Waals surface area contributed by atoms with Crippen molar-refractivity contribution >= 4 is 29.4 Å². The second-order valence-electron chi connectivity index (χ2n) is 5.58. The van der Waals surface area contributed by atoms with Crippen molar-refractivity contribution in [2.75, 3.05) is 5.48 Å². The van der Waals surface area contributed by atoms with Crippen LogP contribution in [0.5, 0.6) is 0 Å². The molecule has 146 valence electrons. The molecule has 0 atom stereocenters. The van der Waals surface area contributed by atoms with Crippen LogP contribution in [0.15, 0.2) is 24.3 Å². The van der Waals surface area contributed by atoms with Crippen molar-refractivity contribution in [3.8, 4) is 0 Å². The van der Waals surface area contributed by atoms with Gasteiger partial charge < -0.3 is 9.68 Å². The molecule has 0 bridgehead atoms. The lowest BCUT2D eigenvalue weighted by molar-refractivity contribution is -0.197. The molecule has 1 aromatic rings. The number of imide groups is 1. The Labute approximate surface area is 151 Å². The fourth-order valence-corrected chi connectivity index (χ4v) is 2.14. The van der Waals surface area contributed by atoms with Crippen LogP contribution in [-0.2, 0) is 35.3 Å². The van der Waals surface area contributed by atoms with E-state index in [2.05, 4.69) is 4.84 Å². The van der Waals surface area contributed by atoms with Gasteiger partial charge >= 0.3 is 18.1 Å². The quantitative estimate of drug-likeness (QED) is 0.563. The third-order valence-electron chi connectivity index (χ3n) is 3.49. The van der Waals surface area contributed by atoms with Crippen LogP contribution < -0.4 is 5.48 Å². The molecule has 1 fully saturated rings. The zero-order valence-electron chi connectivity index (χ0n) is 13.9. The summed E-state index contributed by atoms with van der Waals surface area (Å²) in [4.78, 5) is 53.5. The van der Waals surface area contributed by atoms with Gasteiger partial charge in [0.15, 0.2) is 0 Å². The Hall–Kier alpha value is -3.11. The Morgan fingerprint density at radius 3 is 2.22 bits per heavy atom. The number of hydroxylamine groups is 2. The van der Waals surface area contributed by atoms with Gasteiger partial charge in [-0.3, -0.25) is 9.59 Å². The minimum absolute atomic E-state index is 0.0186. The van der Waals surface area contributed by atoms with Crippen molar-refractivity contribution in [2.45, 2.75) is 38.3 Å². The maximum Gasteiger partial charge on any atom is 0.493 e. The monoisotopic (exact) mass is 388 g/mol. The first kappa shape index (κ1) is 20.2. The molecule has 0 aliphatic carbocycles. The zero-order valence-corrected chi connectivity index (χ0v) is 13.9. The minimum Gasteiger partial charge on any atom is -0.335 e. The Morgan fingerprint density at radius 2 is 1.67 bits per heavy atom. The molecule has 0 unspecified atom stereocenters. The van der Waals surface area contributed by atoms with Crippen molar-refractivity contribution in [1.82, 2.24) is 5.06 Å². The van der Waals surface area contributed by atoms with E-state index in [0.717, 1.165) is 5.56 Å². The van der Waals surface area contributed by atoms with Gasteiger partial charge in [-0.25, -0.2) is 15.1 Å². The van der Waals surface area contributed by atoms with E-state index in [9.17, 15) is 32.3 Å². The number of nitrogens with zero attached hydrogens (tertiary/aromatic N) is 1. The summed E-state index contributed by atoms with van der Waals surface area (Å²) in [5.41, 5.74) is 2.80. The molecule has 8 nitrogen and oxygen atoms in total. The highest BCUT2D eigenvalue weighted by Crippen LogP contribution is 2.18. The van der Waals surface area contributed by atoms with Gasteiger partial charge in [0, 0.05) is 19.3 Å². The lowest BCUT2D eigenvalue weighted by atomic mass is 10.1. The summed E-state index contributed by atoms with van der Waals surface area (Å²) in [6, 6.07) is 5.95. The largest absolute Gasteiger partial charge is 0.493 e. The van der Waals surface area contributed by atoms with Crippen LogP contribution in [0.25, 0.3) is 0 Å². The van der Waals surface area contributed by atoms with Crippen molar-refractivity contribution in [3.63, 3.8) is 0 Å². The topological polar surface area (TPSA) is 102 Å². The minimum atomic E-state index is -5.09. The predicted octanol–water partition coefficient (Wildman–Crippen LogP) is 2.05. The van der Waals surface area contributed by atoms with Crippen LogP contribution in [0, 0.1) is 0 Å². The van der Waals surface area contributed by atoms with Gasteiger partial charge in [0.25, 0.3) is 11.8 Å². The maximum atomic E-state index is 12.0. The highest BCUT2D eigenvalue weighted by molar-refractivity contribution is 6.01. The van der Waals surface area contributed by atoms with Crippen LogP contribution in [0.3, 0.4) is 0 Å². The maximum absolute atomic E-state index is 12.0. The molecule has 0 radical (unpaired) electrons. The van der Waals surface area contributed by atoms with E-state index in [1.165, 1.54) is 12.1 Å². The fourth-order valence-electron chi connectivity index (χ4n) is 2.14. The van der Waals surface area contributed by atoms with Crippen LogP contribution in [0.4, 0.5) is 18.9 Å². The second kappa shape index (κ2) is 8.52. The van der Waals surface area contributed by atoms with Gasteiger partial charge in [-0.2, -0.15) is 13.2 Å². The molecule has 0 aromatic heterocycles. The number of halogens is 3. The van der Waals surface area contributed by atoms with Gasteiger partial charge in [-0.15, -0.1) is 5.06 Å². The molecule has 0 spiro atoms. The summed E-state index contributed by atoms with van der Waals surface area (Å²) in [6.07, 6.45) is -4.27. The van der Waals surface area contributed by atoms with Gasteiger partial charge in [0.2, 0.25) is 0 Å². The number of hydrogen-bond acceptors (Lipinski definition) is 7. The summed E-state index contributed by atoms with van der Waals surface area (Å²) >= 11 is 0. The van der Waals surface area contributed by atoms with E-state index in [1.807, 2.05) is 5.48 Å². The Balaban J connectivity index is 1.72. The van der Waals surface area contributed by atoms with Crippen molar-refractivity contribution in [1.29, 1.82) is 0 Å². The average molecular weight is 388 g/mol. The van der Waals surface area contributed by atoms with Gasteiger partial charge in [0.05, 0.1) is 5.69 Å². The number of anilines is 1. The molecule has 1 saturated heterocycles. The number of amides is 2. The molecular weight excluding hydrogens is 373 g/mol. The number of carbonyl (C=O) groups is 4. The third-order valence-corrected chi connectivity index (χ3v) is 3.49. The summed E-state index contributed by atoms with van der Waals surface area (Å²) in [6.45, 7) is 0. The van der Waals surface area contributed by atoms with Gasteiger partial charge in [-0.05, 0) is 30.5 Å². The molecule has 27 heavy (non-hydrogen) atoms. The highest BCUT2D eigenvalue weighted by Gasteiger charge is 2.41. The summed E-state index contributed by atoms with van der Waals surface area (Å²) in [5, 5.41) is 0.477. The first-order chi connectivity index (χ1) is 12.7. The van der Waals surface area contributed by atoms with Crippen LogP contribution in [0.1, 0.15) is 31.2 Å². The van der Waals surface area contributed by atoms with Crippen LogP contribution in [-0.4, -0.2) is 35.0 Å². The lowest BCUT2D eigenvalue weighted by Crippen LogP contribution is -2.31. The molecule has 1 aromatic carbocycles. The van der Waals surface area contributed by atoms with E-state index < -0.39 is 29.9 Å². The van der Waals surface area contributed by atoms with Crippen LogP contribution >= 0.6 is 0 Å². The SMILES string of the molecule is O=C(CCCc1ccc(NOC(=O)C(F)(F)F)cc1)ON1C(=O)CCC1=O. The normalized spacial score (nSPS) is 14.3. The molecule has 2 amide bonds. The third kappa shape index (κ3) is 5.97. The van der Waals surface area contributed by atoms with Crippen molar-refractivity contribution in [3.05, 3.63) is 29.8 Å². The number of carbonyl (C=O) groups excluding carboxylic acids is 4. The number of benzene rings is 1. The van der Waals surface area contributed by atoms with Crippen molar-refractivity contribution < 1.29 is 42.0 Å². The molecule has 0 saturated carbocycles. The fraction of sp³-hybridized carbons (Fsp3) is 0.375. The smallest absolute Gasteiger partial charge is 0.335 e. The van der Waals surface area contributed by atoms with E-state index in [4.69, 9.17) is 4.84 Å². The summed E-state index contributed by atoms with van der Waals surface area (Å²) in [7, 11) is 0. The zero-order chi connectivity index (χ0) is 20.0. The predicted molar refractivity (Wildman–Crippen MR) is 82.3 cm³/mol. The van der Waals surface area contributed by atoms with Crippen LogP contribution in [0.2, 0.25) is 0 Å². The Morgan fingerprint density at radius 1 is 1.07 bits per heavy atom. The van der Waals surface area contributed by atoms with E-state index in [-0.39, 0.29) is 24.9 Å². The molecule has 1 aliphatic heterocycles. The second-order valence-corrected chi connectivity index (χ2v) is 5.58. The number of aryl methyl sites for hydroxylation is 1. The molecule has 1 N–H and O–H groups in total. The van der Waals surface area contributed by atoms with Gasteiger partial charge in [0.1, 0.15) is 0 Å². The number of hydrogen-bond donors (Lipinski definition) is 1. The molecule has 1 aliphatic rings. The summed E-state index contributed by atoms with van der Waals surface area (Å²) < 4.78 is 36.0. The first-order valence-corrected chi connectivity index (χ1v) is 7.86. The molecular formula is C16H15F3N2O6. The van der Waals surface area contributed by atoms with E-state index >= 15 is 0 Å².